The molecule has 1 aromatic heterocycles. The van der Waals surface area contributed by atoms with E-state index in [9.17, 15) is 9.59 Å². The van der Waals surface area contributed by atoms with Crippen molar-refractivity contribution in [2.75, 3.05) is 19.6 Å². The molecule has 1 aliphatic carbocycles. The molecule has 7 heteroatoms. The van der Waals surface area contributed by atoms with Gasteiger partial charge in [-0.05, 0) is 31.6 Å². The fourth-order valence-corrected chi connectivity index (χ4v) is 5.02. The van der Waals surface area contributed by atoms with Crippen molar-refractivity contribution in [3.05, 3.63) is 11.6 Å². The lowest BCUT2D eigenvalue weighted by Crippen LogP contribution is -2.35. The SMILES string of the molecule is CC(=O)N1CCCC1c1nnc2n1CCN(C(=O)CC1CCCCC1)CC2. The van der Waals surface area contributed by atoms with Crippen LogP contribution in [0.25, 0.3) is 0 Å². The van der Waals surface area contributed by atoms with Crippen LogP contribution in [0.3, 0.4) is 0 Å². The molecule has 0 bridgehead atoms. The summed E-state index contributed by atoms with van der Waals surface area (Å²) in [6.45, 7) is 4.61. The van der Waals surface area contributed by atoms with Crippen LogP contribution in [0.2, 0.25) is 0 Å². The summed E-state index contributed by atoms with van der Waals surface area (Å²) in [7, 11) is 0. The van der Waals surface area contributed by atoms with E-state index in [-0.39, 0.29) is 11.9 Å². The second-order valence-electron chi connectivity index (χ2n) is 8.34. The smallest absolute Gasteiger partial charge is 0.222 e. The van der Waals surface area contributed by atoms with Gasteiger partial charge in [0.2, 0.25) is 11.8 Å². The van der Waals surface area contributed by atoms with Crippen LogP contribution in [0.1, 0.15) is 76.0 Å². The number of carbonyl (C=O) groups is 2. The van der Waals surface area contributed by atoms with Crippen LogP contribution < -0.4 is 0 Å². The lowest BCUT2D eigenvalue weighted by Gasteiger charge is -2.26. The predicted octanol–water partition coefficient (Wildman–Crippen LogP) is 2.32. The van der Waals surface area contributed by atoms with E-state index in [0.29, 0.717) is 18.2 Å². The molecular weight excluding hydrogens is 342 g/mol. The second-order valence-corrected chi connectivity index (χ2v) is 8.34. The largest absolute Gasteiger partial charge is 0.340 e. The molecule has 7 nitrogen and oxygen atoms in total. The molecule has 2 amide bonds. The lowest BCUT2D eigenvalue weighted by atomic mass is 9.86. The van der Waals surface area contributed by atoms with E-state index in [0.717, 1.165) is 57.1 Å². The zero-order chi connectivity index (χ0) is 18.8. The standard InChI is InChI=1S/C20H31N5O2/c1-15(26)24-10-5-8-17(24)20-22-21-18-9-11-23(12-13-25(18)20)19(27)14-16-6-3-2-4-7-16/h16-17H,2-14H2,1H3. The molecule has 1 saturated heterocycles. The van der Waals surface area contributed by atoms with Crippen molar-refractivity contribution in [3.63, 3.8) is 0 Å². The molecule has 148 valence electrons. The van der Waals surface area contributed by atoms with Gasteiger partial charge in [0.15, 0.2) is 5.82 Å². The minimum atomic E-state index is 0.0354. The average Bonchev–Trinajstić information content (AvgIpc) is 3.24. The summed E-state index contributed by atoms with van der Waals surface area (Å²) in [6.07, 6.45) is 9.69. The minimum Gasteiger partial charge on any atom is -0.340 e. The van der Waals surface area contributed by atoms with Crippen molar-refractivity contribution in [2.45, 2.75) is 77.3 Å². The number of nitrogens with zero attached hydrogens (tertiary/aromatic N) is 5. The normalized spacial score (nSPS) is 24.0. The molecule has 0 N–H and O–H groups in total. The Balaban J connectivity index is 1.42. The first-order valence-electron chi connectivity index (χ1n) is 10.6. The quantitative estimate of drug-likeness (QED) is 0.815. The van der Waals surface area contributed by atoms with E-state index >= 15 is 0 Å². The Hall–Kier alpha value is -1.92. The van der Waals surface area contributed by atoms with Crippen molar-refractivity contribution in [2.24, 2.45) is 5.92 Å². The monoisotopic (exact) mass is 373 g/mol. The number of fused-ring (bicyclic) bond motifs is 1. The number of carbonyl (C=O) groups excluding carboxylic acids is 2. The van der Waals surface area contributed by atoms with Crippen molar-refractivity contribution in [3.8, 4) is 0 Å². The molecule has 4 rings (SSSR count). The third-order valence-corrected chi connectivity index (χ3v) is 6.55. The van der Waals surface area contributed by atoms with Crippen LogP contribution in [-0.2, 0) is 22.6 Å². The van der Waals surface area contributed by atoms with Gasteiger partial charge in [0.1, 0.15) is 5.82 Å². The Labute approximate surface area is 161 Å². The Bertz CT molecular complexity index is 695. The van der Waals surface area contributed by atoms with Gasteiger partial charge < -0.3 is 14.4 Å². The highest BCUT2D eigenvalue weighted by Crippen LogP contribution is 2.32. The fraction of sp³-hybridized carbons (Fsp3) is 0.800. The summed E-state index contributed by atoms with van der Waals surface area (Å²) in [5, 5.41) is 8.83. The topological polar surface area (TPSA) is 71.3 Å². The van der Waals surface area contributed by atoms with E-state index in [2.05, 4.69) is 14.8 Å². The third-order valence-electron chi connectivity index (χ3n) is 6.55. The number of rotatable bonds is 3. The Morgan fingerprint density at radius 1 is 0.963 bits per heavy atom. The fourth-order valence-electron chi connectivity index (χ4n) is 5.02. The van der Waals surface area contributed by atoms with Gasteiger partial charge >= 0.3 is 0 Å². The van der Waals surface area contributed by atoms with E-state index in [1.165, 1.54) is 32.1 Å². The summed E-state index contributed by atoms with van der Waals surface area (Å²) >= 11 is 0. The van der Waals surface area contributed by atoms with Crippen LogP contribution in [0.4, 0.5) is 0 Å². The first kappa shape index (κ1) is 18.4. The molecular formula is C20H31N5O2. The van der Waals surface area contributed by atoms with Gasteiger partial charge in [0, 0.05) is 45.9 Å². The highest BCUT2D eigenvalue weighted by Gasteiger charge is 2.33. The van der Waals surface area contributed by atoms with Gasteiger partial charge in [-0.3, -0.25) is 9.59 Å². The molecule has 1 aromatic rings. The van der Waals surface area contributed by atoms with Crippen molar-refractivity contribution >= 4 is 11.8 Å². The van der Waals surface area contributed by atoms with Crippen LogP contribution in [0, 0.1) is 5.92 Å². The third kappa shape index (κ3) is 3.87. The maximum atomic E-state index is 12.8. The van der Waals surface area contributed by atoms with Gasteiger partial charge in [0.25, 0.3) is 0 Å². The number of amides is 2. The van der Waals surface area contributed by atoms with Gasteiger partial charge in [-0.1, -0.05) is 19.3 Å². The molecule has 3 aliphatic rings. The first-order valence-corrected chi connectivity index (χ1v) is 10.6. The molecule has 1 unspecified atom stereocenters. The number of hydrogen-bond donors (Lipinski definition) is 0. The minimum absolute atomic E-state index is 0.0354. The molecule has 3 heterocycles. The van der Waals surface area contributed by atoms with Crippen LogP contribution in [0.15, 0.2) is 0 Å². The number of hydrogen-bond acceptors (Lipinski definition) is 4. The molecule has 2 fully saturated rings. The van der Waals surface area contributed by atoms with E-state index in [1.54, 1.807) is 6.92 Å². The Morgan fingerprint density at radius 3 is 2.56 bits per heavy atom. The molecule has 0 radical (unpaired) electrons. The lowest BCUT2D eigenvalue weighted by molar-refractivity contribution is -0.132. The summed E-state index contributed by atoms with van der Waals surface area (Å²) in [6, 6.07) is 0.0354. The molecule has 2 aliphatic heterocycles. The van der Waals surface area contributed by atoms with E-state index in [1.807, 2.05) is 9.80 Å². The maximum Gasteiger partial charge on any atom is 0.222 e. The van der Waals surface area contributed by atoms with Crippen molar-refractivity contribution < 1.29 is 9.59 Å². The zero-order valence-electron chi connectivity index (χ0n) is 16.4. The van der Waals surface area contributed by atoms with Crippen molar-refractivity contribution in [1.82, 2.24) is 24.6 Å². The van der Waals surface area contributed by atoms with Gasteiger partial charge in [-0.25, -0.2) is 0 Å². The van der Waals surface area contributed by atoms with E-state index in [4.69, 9.17) is 0 Å². The van der Waals surface area contributed by atoms with Crippen LogP contribution >= 0.6 is 0 Å². The van der Waals surface area contributed by atoms with Crippen LogP contribution in [-0.4, -0.2) is 56.0 Å². The van der Waals surface area contributed by atoms with Crippen LogP contribution in [0.5, 0.6) is 0 Å². The van der Waals surface area contributed by atoms with Gasteiger partial charge in [0.05, 0.1) is 6.04 Å². The second kappa shape index (κ2) is 7.98. The predicted molar refractivity (Wildman–Crippen MR) is 101 cm³/mol. The van der Waals surface area contributed by atoms with Gasteiger partial charge in [-0.15, -0.1) is 10.2 Å². The van der Waals surface area contributed by atoms with Gasteiger partial charge in [-0.2, -0.15) is 0 Å². The summed E-state index contributed by atoms with van der Waals surface area (Å²) in [4.78, 5) is 28.7. The number of likely N-dealkylation sites (tertiary alicyclic amines) is 1. The molecule has 1 atom stereocenters. The Kier molecular flexibility index (Phi) is 5.45. The molecule has 0 spiro atoms. The van der Waals surface area contributed by atoms with Crippen molar-refractivity contribution in [1.29, 1.82) is 0 Å². The summed E-state index contributed by atoms with van der Waals surface area (Å²) in [5.41, 5.74) is 0. The highest BCUT2D eigenvalue weighted by molar-refractivity contribution is 5.76. The van der Waals surface area contributed by atoms with E-state index < -0.39 is 0 Å². The first-order chi connectivity index (χ1) is 13.1. The zero-order valence-corrected chi connectivity index (χ0v) is 16.4. The molecule has 27 heavy (non-hydrogen) atoms. The maximum absolute atomic E-state index is 12.8. The number of aromatic nitrogens is 3. The molecule has 1 saturated carbocycles. The Morgan fingerprint density at radius 2 is 1.78 bits per heavy atom. The average molecular weight is 374 g/mol. The summed E-state index contributed by atoms with van der Waals surface area (Å²) in [5.74, 6) is 2.83. The molecule has 0 aromatic carbocycles. The summed E-state index contributed by atoms with van der Waals surface area (Å²) < 4.78 is 2.17. The highest BCUT2D eigenvalue weighted by atomic mass is 16.2.